The zero-order chi connectivity index (χ0) is 24.6. The van der Waals surface area contributed by atoms with Crippen molar-refractivity contribution in [3.8, 4) is 17.2 Å². The van der Waals surface area contributed by atoms with Crippen LogP contribution in [0.5, 0.6) is 17.2 Å². The molecule has 184 valence electrons. The number of carbonyl (C=O) groups is 1. The van der Waals surface area contributed by atoms with Gasteiger partial charge in [-0.15, -0.1) is 11.8 Å². The first-order chi connectivity index (χ1) is 16.5. The fraction of sp³-hybridized carbons (Fsp3) is 0.464. The Morgan fingerprint density at radius 2 is 1.91 bits per heavy atom. The van der Waals surface area contributed by atoms with Crippen molar-refractivity contribution in [3.05, 3.63) is 65.7 Å². The maximum atomic E-state index is 11.1. The van der Waals surface area contributed by atoms with Crippen LogP contribution < -0.4 is 14.2 Å². The summed E-state index contributed by atoms with van der Waals surface area (Å²) in [6, 6.07) is 14.4. The van der Waals surface area contributed by atoms with Crippen LogP contribution in [0.15, 0.2) is 54.6 Å². The largest absolute Gasteiger partial charge is 0.497 e. The molecule has 1 aliphatic heterocycles. The van der Waals surface area contributed by atoms with E-state index in [1.807, 2.05) is 42.1 Å². The van der Waals surface area contributed by atoms with Crippen LogP contribution >= 0.6 is 11.8 Å². The summed E-state index contributed by atoms with van der Waals surface area (Å²) in [5, 5.41) is 9.09. The molecule has 0 saturated heterocycles. The molecular weight excluding hydrogens is 448 g/mol. The second-order valence-electron chi connectivity index (χ2n) is 8.66. The molecule has 3 atom stereocenters. The molecule has 5 nitrogen and oxygen atoms in total. The number of hydrogen-bond acceptors (Lipinski definition) is 5. The minimum atomic E-state index is -0.769. The molecule has 6 heteroatoms. The molecule has 0 spiro atoms. The normalized spacial score (nSPS) is 20.4. The monoisotopic (exact) mass is 484 g/mol. The molecule has 0 aromatic heterocycles. The maximum Gasteiger partial charge on any atom is 0.303 e. The highest BCUT2D eigenvalue weighted by molar-refractivity contribution is 7.99. The standard InChI is InChI=1S/C28H36O5S/c1-5-6-9-20(10-7-8-11-26(29)30)27-24-17-16-23(32-3)18-25(24)33-19-28(27,34-4)21-12-14-22(31-2)15-13-21/h7,10,12-18,20,27H,5-6,8-9,11,19H2,1-4H3,(H,29,30)/b10-7+. The molecule has 1 aliphatic rings. The molecular formula is C28H36O5S. The van der Waals surface area contributed by atoms with Gasteiger partial charge in [-0.25, -0.2) is 0 Å². The predicted octanol–water partition coefficient (Wildman–Crippen LogP) is 6.67. The van der Waals surface area contributed by atoms with Gasteiger partial charge in [0, 0.05) is 18.4 Å². The van der Waals surface area contributed by atoms with E-state index in [0.29, 0.717) is 13.0 Å². The Kier molecular flexibility index (Phi) is 9.34. The van der Waals surface area contributed by atoms with Gasteiger partial charge in [0.25, 0.3) is 0 Å². The van der Waals surface area contributed by atoms with Gasteiger partial charge in [-0.2, -0.15) is 0 Å². The Bertz CT molecular complexity index is 971. The van der Waals surface area contributed by atoms with E-state index in [1.54, 1.807) is 14.2 Å². The van der Waals surface area contributed by atoms with Crippen molar-refractivity contribution in [1.29, 1.82) is 0 Å². The number of unbranched alkanes of at least 4 members (excludes halogenated alkanes) is 1. The second-order valence-corrected chi connectivity index (χ2v) is 9.80. The Morgan fingerprint density at radius 1 is 1.21 bits per heavy atom. The average Bonchev–Trinajstić information content (AvgIpc) is 2.87. The van der Waals surface area contributed by atoms with Gasteiger partial charge in [-0.1, -0.05) is 50.1 Å². The van der Waals surface area contributed by atoms with Gasteiger partial charge in [0.15, 0.2) is 0 Å². The van der Waals surface area contributed by atoms with Crippen LogP contribution in [0.2, 0.25) is 0 Å². The number of fused-ring (bicyclic) bond motifs is 1. The van der Waals surface area contributed by atoms with Gasteiger partial charge in [0.1, 0.15) is 23.9 Å². The SMILES string of the molecule is CCCCC(/C=C/CCC(=O)O)C1c2ccc(OC)cc2OCC1(SC)c1ccc(OC)cc1. The number of benzene rings is 2. The van der Waals surface area contributed by atoms with Crippen molar-refractivity contribution < 1.29 is 24.1 Å². The van der Waals surface area contributed by atoms with E-state index in [2.05, 4.69) is 37.5 Å². The maximum absolute atomic E-state index is 11.1. The number of methoxy groups -OCH3 is 2. The van der Waals surface area contributed by atoms with E-state index in [-0.39, 0.29) is 23.0 Å². The molecule has 3 rings (SSSR count). The van der Waals surface area contributed by atoms with E-state index in [0.717, 1.165) is 36.5 Å². The Balaban J connectivity index is 2.12. The first-order valence-corrected chi connectivity index (χ1v) is 13.1. The lowest BCUT2D eigenvalue weighted by Crippen LogP contribution is -2.43. The summed E-state index contributed by atoms with van der Waals surface area (Å²) < 4.78 is 17.0. The van der Waals surface area contributed by atoms with E-state index < -0.39 is 5.97 Å². The quantitative estimate of drug-likeness (QED) is 0.340. The predicted molar refractivity (Wildman–Crippen MR) is 138 cm³/mol. The molecule has 0 radical (unpaired) electrons. The summed E-state index contributed by atoms with van der Waals surface area (Å²) in [4.78, 5) is 11.1. The van der Waals surface area contributed by atoms with E-state index in [9.17, 15) is 4.79 Å². The smallest absolute Gasteiger partial charge is 0.303 e. The molecule has 34 heavy (non-hydrogen) atoms. The van der Waals surface area contributed by atoms with Crippen LogP contribution in [0.1, 0.15) is 56.1 Å². The van der Waals surface area contributed by atoms with Crippen molar-refractivity contribution in [2.75, 3.05) is 27.1 Å². The topological polar surface area (TPSA) is 65.0 Å². The molecule has 0 aliphatic carbocycles. The highest BCUT2D eigenvalue weighted by Gasteiger charge is 2.48. The highest BCUT2D eigenvalue weighted by Crippen LogP contribution is 2.57. The summed E-state index contributed by atoms with van der Waals surface area (Å²) in [5.74, 6) is 2.09. The number of carboxylic acid groups (broad SMARTS) is 1. The van der Waals surface area contributed by atoms with Gasteiger partial charge in [0.05, 0.1) is 19.0 Å². The summed E-state index contributed by atoms with van der Waals surface area (Å²) in [5.41, 5.74) is 2.37. The van der Waals surface area contributed by atoms with Crippen LogP contribution in [0.4, 0.5) is 0 Å². The lowest BCUT2D eigenvalue weighted by Gasteiger charge is -2.47. The van der Waals surface area contributed by atoms with Gasteiger partial charge >= 0.3 is 5.97 Å². The van der Waals surface area contributed by atoms with Crippen molar-refractivity contribution in [3.63, 3.8) is 0 Å². The number of hydrogen-bond donors (Lipinski definition) is 1. The fourth-order valence-electron chi connectivity index (χ4n) is 4.86. The summed E-state index contributed by atoms with van der Waals surface area (Å²) in [6.07, 6.45) is 10.4. The zero-order valence-corrected chi connectivity index (χ0v) is 21.4. The van der Waals surface area contributed by atoms with Gasteiger partial charge in [0.2, 0.25) is 0 Å². The minimum absolute atomic E-state index is 0.144. The number of rotatable bonds is 12. The first-order valence-electron chi connectivity index (χ1n) is 11.9. The van der Waals surface area contributed by atoms with E-state index in [1.165, 1.54) is 11.1 Å². The van der Waals surface area contributed by atoms with E-state index >= 15 is 0 Å². The molecule has 3 unspecified atom stereocenters. The fourth-order valence-corrected chi connectivity index (χ4v) is 5.96. The van der Waals surface area contributed by atoms with Crippen LogP contribution in [-0.4, -0.2) is 38.2 Å². The number of thioether (sulfide) groups is 1. The Morgan fingerprint density at radius 3 is 2.53 bits per heavy atom. The number of ether oxygens (including phenoxy) is 3. The molecule has 0 bridgehead atoms. The minimum Gasteiger partial charge on any atom is -0.497 e. The van der Waals surface area contributed by atoms with Crippen molar-refractivity contribution in [2.45, 2.75) is 49.7 Å². The summed E-state index contributed by atoms with van der Waals surface area (Å²) in [6.45, 7) is 2.75. The lowest BCUT2D eigenvalue weighted by atomic mass is 9.70. The molecule has 0 saturated carbocycles. The average molecular weight is 485 g/mol. The van der Waals surface area contributed by atoms with E-state index in [4.69, 9.17) is 19.3 Å². The van der Waals surface area contributed by atoms with Gasteiger partial charge in [-0.3, -0.25) is 4.79 Å². The van der Waals surface area contributed by atoms with Gasteiger partial charge in [-0.05, 0) is 54.3 Å². The summed E-state index contributed by atoms with van der Waals surface area (Å²) in [7, 11) is 3.35. The number of allylic oxidation sites excluding steroid dienone is 2. The van der Waals surface area contributed by atoms with Crippen LogP contribution in [0.25, 0.3) is 0 Å². The van der Waals surface area contributed by atoms with Crippen LogP contribution in [-0.2, 0) is 9.54 Å². The zero-order valence-electron chi connectivity index (χ0n) is 20.6. The van der Waals surface area contributed by atoms with Crippen LogP contribution in [0, 0.1) is 5.92 Å². The van der Waals surface area contributed by atoms with Gasteiger partial charge < -0.3 is 19.3 Å². The molecule has 0 fully saturated rings. The van der Waals surface area contributed by atoms with Crippen molar-refractivity contribution >= 4 is 17.7 Å². The highest BCUT2D eigenvalue weighted by atomic mass is 32.2. The first kappa shape index (κ1) is 26.0. The lowest BCUT2D eigenvalue weighted by molar-refractivity contribution is -0.136. The number of aliphatic carboxylic acids is 1. The molecule has 2 aromatic carbocycles. The molecule has 2 aromatic rings. The number of carboxylic acids is 1. The van der Waals surface area contributed by atoms with Crippen molar-refractivity contribution in [1.82, 2.24) is 0 Å². The molecule has 1 N–H and O–H groups in total. The Labute approximate surface area is 207 Å². The Hall–Kier alpha value is -2.60. The third-order valence-electron chi connectivity index (χ3n) is 6.67. The third-order valence-corrected chi connectivity index (χ3v) is 8.01. The molecule has 0 amide bonds. The molecule has 1 heterocycles. The third kappa shape index (κ3) is 5.72. The van der Waals surface area contributed by atoms with Crippen LogP contribution in [0.3, 0.4) is 0 Å². The van der Waals surface area contributed by atoms with Crippen molar-refractivity contribution in [2.24, 2.45) is 5.92 Å². The summed E-state index contributed by atoms with van der Waals surface area (Å²) >= 11 is 1.82. The second kappa shape index (κ2) is 12.2.